The van der Waals surface area contributed by atoms with Crippen LogP contribution in [0.3, 0.4) is 0 Å². The molecule has 2 aromatic rings. The van der Waals surface area contributed by atoms with Gasteiger partial charge in [-0.15, -0.1) is 0 Å². The molecule has 5 nitrogen and oxygen atoms in total. The molecule has 0 fully saturated rings. The van der Waals surface area contributed by atoms with E-state index in [4.69, 9.17) is 21.1 Å². The van der Waals surface area contributed by atoms with Crippen LogP contribution < -0.4 is 14.9 Å². The van der Waals surface area contributed by atoms with Crippen LogP contribution in [0.2, 0.25) is 5.02 Å². The first-order valence-electron chi connectivity index (χ1n) is 6.97. The molecule has 0 unspecified atom stereocenters. The van der Waals surface area contributed by atoms with Crippen LogP contribution in [0.1, 0.15) is 12.5 Å². The Kier molecular flexibility index (Phi) is 6.00. The largest absolute Gasteiger partial charge is 0.497 e. The number of rotatable bonds is 6. The molecule has 2 rings (SSSR count). The third-order valence-corrected chi connectivity index (χ3v) is 3.23. The number of methoxy groups -OCH3 is 1. The Morgan fingerprint density at radius 2 is 1.96 bits per heavy atom. The van der Waals surface area contributed by atoms with Crippen molar-refractivity contribution in [2.75, 3.05) is 7.11 Å². The number of halogens is 1. The number of benzene rings is 2. The highest BCUT2D eigenvalue weighted by Gasteiger charge is 2.13. The Balaban J connectivity index is 1.88. The third-order valence-electron chi connectivity index (χ3n) is 2.98. The molecule has 0 bridgehead atoms. The molecule has 1 atom stereocenters. The fourth-order valence-corrected chi connectivity index (χ4v) is 1.88. The molecular weight excluding hydrogens is 316 g/mol. The summed E-state index contributed by atoms with van der Waals surface area (Å²) in [5.41, 5.74) is 3.25. The van der Waals surface area contributed by atoms with E-state index in [1.54, 1.807) is 38.3 Å². The van der Waals surface area contributed by atoms with Gasteiger partial charge >= 0.3 is 0 Å². The number of hydrogen-bond acceptors (Lipinski definition) is 4. The lowest BCUT2D eigenvalue weighted by Crippen LogP contribution is -2.33. The highest BCUT2D eigenvalue weighted by Crippen LogP contribution is 2.16. The van der Waals surface area contributed by atoms with Crippen LogP contribution in [-0.4, -0.2) is 25.3 Å². The van der Waals surface area contributed by atoms with Gasteiger partial charge in [0.1, 0.15) is 11.5 Å². The quantitative estimate of drug-likeness (QED) is 0.652. The summed E-state index contributed by atoms with van der Waals surface area (Å²) < 4.78 is 10.6. The van der Waals surface area contributed by atoms with E-state index in [9.17, 15) is 4.79 Å². The zero-order valence-corrected chi connectivity index (χ0v) is 13.6. The highest BCUT2D eigenvalue weighted by atomic mass is 35.5. The van der Waals surface area contributed by atoms with Crippen molar-refractivity contribution in [2.45, 2.75) is 13.0 Å². The Bertz CT molecular complexity index is 686. The summed E-state index contributed by atoms with van der Waals surface area (Å²) in [4.78, 5) is 11.9. The molecule has 0 aliphatic rings. The predicted molar refractivity (Wildman–Crippen MR) is 90.3 cm³/mol. The number of carbonyl (C=O) groups excluding carboxylic acids is 1. The average molecular weight is 333 g/mol. The van der Waals surface area contributed by atoms with Gasteiger partial charge in [-0.05, 0) is 48.9 Å². The van der Waals surface area contributed by atoms with Crippen LogP contribution in [0.4, 0.5) is 0 Å². The van der Waals surface area contributed by atoms with Gasteiger partial charge in [-0.2, -0.15) is 5.10 Å². The van der Waals surface area contributed by atoms with Crippen LogP contribution in [0.15, 0.2) is 53.6 Å². The van der Waals surface area contributed by atoms with Gasteiger partial charge in [0.25, 0.3) is 5.91 Å². The van der Waals surface area contributed by atoms with Crippen LogP contribution >= 0.6 is 11.6 Å². The van der Waals surface area contributed by atoms with Gasteiger partial charge in [0.15, 0.2) is 6.10 Å². The number of hydrogen-bond donors (Lipinski definition) is 1. The minimum atomic E-state index is -0.682. The minimum absolute atomic E-state index is 0.348. The summed E-state index contributed by atoms with van der Waals surface area (Å²) >= 11 is 5.80. The zero-order chi connectivity index (χ0) is 16.7. The topological polar surface area (TPSA) is 59.9 Å². The molecule has 0 radical (unpaired) electrons. The fourth-order valence-electron chi connectivity index (χ4n) is 1.75. The molecule has 0 spiro atoms. The molecule has 1 N–H and O–H groups in total. The van der Waals surface area contributed by atoms with Crippen molar-refractivity contribution in [1.29, 1.82) is 0 Å². The monoisotopic (exact) mass is 332 g/mol. The van der Waals surface area contributed by atoms with Crippen molar-refractivity contribution in [3.63, 3.8) is 0 Å². The van der Waals surface area contributed by atoms with Crippen LogP contribution in [-0.2, 0) is 4.79 Å². The van der Waals surface area contributed by atoms with E-state index in [0.717, 1.165) is 11.3 Å². The number of carbonyl (C=O) groups is 1. The van der Waals surface area contributed by atoms with Crippen molar-refractivity contribution in [3.8, 4) is 11.5 Å². The first-order valence-corrected chi connectivity index (χ1v) is 7.35. The number of nitrogens with one attached hydrogen (secondary N) is 1. The second-order valence-corrected chi connectivity index (χ2v) is 5.16. The van der Waals surface area contributed by atoms with Gasteiger partial charge < -0.3 is 9.47 Å². The van der Waals surface area contributed by atoms with Crippen LogP contribution in [0, 0.1) is 0 Å². The second-order valence-electron chi connectivity index (χ2n) is 4.72. The normalized spacial score (nSPS) is 12.0. The van der Waals surface area contributed by atoms with E-state index < -0.39 is 6.10 Å². The van der Waals surface area contributed by atoms with Crippen molar-refractivity contribution in [2.24, 2.45) is 5.10 Å². The van der Waals surface area contributed by atoms with E-state index in [0.29, 0.717) is 10.8 Å². The summed E-state index contributed by atoms with van der Waals surface area (Å²) in [5.74, 6) is 0.938. The fraction of sp³-hybridized carbons (Fsp3) is 0.176. The summed E-state index contributed by atoms with van der Waals surface area (Å²) in [6.07, 6.45) is 0.855. The molecule has 0 aliphatic heterocycles. The van der Waals surface area contributed by atoms with Gasteiger partial charge in [-0.1, -0.05) is 23.7 Å². The number of hydrazone groups is 1. The van der Waals surface area contributed by atoms with Crippen molar-refractivity contribution >= 4 is 23.7 Å². The lowest BCUT2D eigenvalue weighted by molar-refractivity contribution is -0.127. The highest BCUT2D eigenvalue weighted by molar-refractivity contribution is 6.30. The van der Waals surface area contributed by atoms with E-state index in [1.807, 2.05) is 24.3 Å². The molecule has 120 valence electrons. The van der Waals surface area contributed by atoms with Gasteiger partial charge in [-0.3, -0.25) is 4.79 Å². The lowest BCUT2D eigenvalue weighted by atomic mass is 10.2. The smallest absolute Gasteiger partial charge is 0.280 e. The average Bonchev–Trinajstić information content (AvgIpc) is 2.57. The first-order chi connectivity index (χ1) is 11.1. The minimum Gasteiger partial charge on any atom is -0.497 e. The summed E-state index contributed by atoms with van der Waals surface area (Å²) in [6, 6.07) is 14.1. The summed E-state index contributed by atoms with van der Waals surface area (Å²) in [7, 11) is 1.59. The molecule has 0 aromatic heterocycles. The maximum Gasteiger partial charge on any atom is 0.280 e. The maximum absolute atomic E-state index is 11.9. The molecule has 2 aromatic carbocycles. The molecule has 0 saturated carbocycles. The molecule has 0 heterocycles. The second kappa shape index (κ2) is 8.19. The third kappa shape index (κ3) is 5.30. The van der Waals surface area contributed by atoms with Gasteiger partial charge in [0.2, 0.25) is 0 Å². The maximum atomic E-state index is 11.9. The Morgan fingerprint density at radius 3 is 2.65 bits per heavy atom. The summed E-state index contributed by atoms with van der Waals surface area (Å²) in [6.45, 7) is 1.64. The Morgan fingerprint density at radius 1 is 1.22 bits per heavy atom. The van der Waals surface area contributed by atoms with Gasteiger partial charge in [-0.25, -0.2) is 5.43 Å². The van der Waals surface area contributed by atoms with E-state index in [1.165, 1.54) is 6.21 Å². The first kappa shape index (κ1) is 16.8. The molecular formula is C17H17ClN2O3. The Labute approximate surface area is 139 Å². The van der Waals surface area contributed by atoms with Crippen molar-refractivity contribution in [3.05, 3.63) is 59.1 Å². The molecule has 1 amide bonds. The molecule has 6 heteroatoms. The predicted octanol–water partition coefficient (Wildman–Crippen LogP) is 3.27. The van der Waals surface area contributed by atoms with E-state index in [2.05, 4.69) is 10.5 Å². The van der Waals surface area contributed by atoms with Crippen LogP contribution in [0.25, 0.3) is 0 Å². The van der Waals surface area contributed by atoms with Crippen molar-refractivity contribution in [1.82, 2.24) is 5.43 Å². The lowest BCUT2D eigenvalue weighted by Gasteiger charge is -2.12. The SMILES string of the molecule is COc1cccc(/C=N/NC(=O)[C@@H](C)Oc2ccc(Cl)cc2)c1. The zero-order valence-electron chi connectivity index (χ0n) is 12.8. The number of ether oxygens (including phenoxy) is 2. The standard InChI is InChI=1S/C17H17ClN2O3/c1-12(23-15-8-6-14(18)7-9-15)17(21)20-19-11-13-4-3-5-16(10-13)22-2/h3-12H,1-2H3,(H,20,21)/b19-11+/t12-/m1/s1. The van der Waals surface area contributed by atoms with E-state index in [-0.39, 0.29) is 5.91 Å². The van der Waals surface area contributed by atoms with Gasteiger partial charge in [0.05, 0.1) is 13.3 Å². The number of amides is 1. The number of nitrogens with zero attached hydrogens (tertiary/aromatic N) is 1. The Hall–Kier alpha value is -2.53. The molecule has 0 aliphatic carbocycles. The molecule has 23 heavy (non-hydrogen) atoms. The summed E-state index contributed by atoms with van der Waals surface area (Å²) in [5, 5.41) is 4.52. The van der Waals surface area contributed by atoms with Crippen molar-refractivity contribution < 1.29 is 14.3 Å². The molecule has 0 saturated heterocycles. The van der Waals surface area contributed by atoms with Crippen LogP contribution in [0.5, 0.6) is 11.5 Å². The van der Waals surface area contributed by atoms with E-state index >= 15 is 0 Å². The van der Waals surface area contributed by atoms with Gasteiger partial charge in [0, 0.05) is 5.02 Å².